The van der Waals surface area contributed by atoms with E-state index in [1.54, 1.807) is 7.11 Å². The summed E-state index contributed by atoms with van der Waals surface area (Å²) >= 11 is 0. The second kappa shape index (κ2) is 7.65. The lowest BCUT2D eigenvalue weighted by atomic mass is 9.93. The highest BCUT2D eigenvalue weighted by Gasteiger charge is 2.12. The van der Waals surface area contributed by atoms with Crippen LogP contribution in [0.5, 0.6) is 5.75 Å². The molecule has 18 heavy (non-hydrogen) atoms. The number of methoxy groups -OCH3 is 1. The summed E-state index contributed by atoms with van der Waals surface area (Å²) in [5.74, 6) is 1.47. The van der Waals surface area contributed by atoms with E-state index >= 15 is 0 Å². The summed E-state index contributed by atoms with van der Waals surface area (Å²) in [6.07, 6.45) is 1.97. The molecular weight excluding hydrogens is 246 g/mol. The molecule has 0 radical (unpaired) electrons. The Morgan fingerprint density at radius 2 is 1.89 bits per heavy atom. The summed E-state index contributed by atoms with van der Waals surface area (Å²) in [6.45, 7) is 8.64. The van der Waals surface area contributed by atoms with Crippen molar-refractivity contribution in [3.8, 4) is 5.75 Å². The smallest absolute Gasteiger partial charge is 0.122 e. The van der Waals surface area contributed by atoms with Crippen molar-refractivity contribution in [1.29, 1.82) is 0 Å². The Morgan fingerprint density at radius 1 is 1.28 bits per heavy atom. The minimum Gasteiger partial charge on any atom is -0.496 e. The number of aryl methyl sites for hydroxylation is 1. The van der Waals surface area contributed by atoms with Crippen molar-refractivity contribution in [2.45, 2.75) is 52.5 Å². The van der Waals surface area contributed by atoms with Gasteiger partial charge in [0.05, 0.1) is 7.11 Å². The molecule has 1 atom stereocenters. The van der Waals surface area contributed by atoms with Crippen molar-refractivity contribution in [2.75, 3.05) is 7.11 Å². The summed E-state index contributed by atoms with van der Waals surface area (Å²) in [6, 6.07) is 4.64. The first-order valence-electron chi connectivity index (χ1n) is 6.42. The van der Waals surface area contributed by atoms with Gasteiger partial charge in [-0.15, -0.1) is 12.4 Å². The van der Waals surface area contributed by atoms with E-state index in [4.69, 9.17) is 10.5 Å². The molecule has 0 fully saturated rings. The molecule has 0 aliphatic heterocycles. The second-order valence-corrected chi connectivity index (χ2v) is 5.05. The molecule has 0 amide bonds. The van der Waals surface area contributed by atoms with E-state index in [9.17, 15) is 0 Å². The van der Waals surface area contributed by atoms with Crippen molar-refractivity contribution in [1.82, 2.24) is 0 Å². The van der Waals surface area contributed by atoms with Gasteiger partial charge in [0.2, 0.25) is 0 Å². The van der Waals surface area contributed by atoms with Crippen LogP contribution >= 0.6 is 12.4 Å². The number of hydrogen-bond donors (Lipinski definition) is 1. The average molecular weight is 272 g/mol. The summed E-state index contributed by atoms with van der Waals surface area (Å²) < 4.78 is 5.44. The van der Waals surface area contributed by atoms with Gasteiger partial charge in [0, 0.05) is 6.04 Å². The number of benzene rings is 1. The van der Waals surface area contributed by atoms with E-state index in [2.05, 4.69) is 39.8 Å². The predicted molar refractivity (Wildman–Crippen MR) is 81.0 cm³/mol. The fourth-order valence-corrected chi connectivity index (χ4v) is 2.02. The van der Waals surface area contributed by atoms with Gasteiger partial charge in [-0.1, -0.05) is 26.8 Å². The number of hydrogen-bond acceptors (Lipinski definition) is 2. The Balaban J connectivity index is 0.00000289. The first-order valence-corrected chi connectivity index (χ1v) is 6.42. The molecule has 0 aliphatic rings. The molecule has 0 heterocycles. The fraction of sp³-hybridized carbons (Fsp3) is 0.600. The summed E-state index contributed by atoms with van der Waals surface area (Å²) in [4.78, 5) is 0. The van der Waals surface area contributed by atoms with Crippen LogP contribution in [0.1, 0.15) is 49.8 Å². The minimum atomic E-state index is 0. The highest BCUT2D eigenvalue weighted by Crippen LogP contribution is 2.30. The average Bonchev–Trinajstić information content (AvgIpc) is 2.30. The van der Waals surface area contributed by atoms with Gasteiger partial charge < -0.3 is 10.5 Å². The topological polar surface area (TPSA) is 35.2 Å². The van der Waals surface area contributed by atoms with Crippen LogP contribution < -0.4 is 10.5 Å². The molecule has 1 unspecified atom stereocenters. The standard InChI is InChI=1S/C15H25NO.ClH/c1-6-13(16)8-12-9-14(10(2)3)15(17-5)7-11(12)4;/h7,9-10,13H,6,8,16H2,1-5H3;1H. The lowest BCUT2D eigenvalue weighted by molar-refractivity contribution is 0.407. The Kier molecular flexibility index (Phi) is 7.34. The highest BCUT2D eigenvalue weighted by atomic mass is 35.5. The van der Waals surface area contributed by atoms with E-state index in [1.165, 1.54) is 16.7 Å². The zero-order valence-corrected chi connectivity index (χ0v) is 12.9. The second-order valence-electron chi connectivity index (χ2n) is 5.05. The Hall–Kier alpha value is -0.730. The van der Waals surface area contributed by atoms with Gasteiger partial charge in [0.15, 0.2) is 0 Å². The molecule has 2 N–H and O–H groups in total. The maximum absolute atomic E-state index is 6.04. The van der Waals surface area contributed by atoms with E-state index in [0.717, 1.165) is 18.6 Å². The molecule has 1 rings (SSSR count). The molecular formula is C15H26ClNO. The van der Waals surface area contributed by atoms with Crippen molar-refractivity contribution in [3.05, 3.63) is 28.8 Å². The van der Waals surface area contributed by atoms with Crippen LogP contribution in [0.15, 0.2) is 12.1 Å². The van der Waals surface area contributed by atoms with Crippen molar-refractivity contribution < 1.29 is 4.74 Å². The number of halogens is 1. The van der Waals surface area contributed by atoms with Crippen molar-refractivity contribution >= 4 is 12.4 Å². The molecule has 0 bridgehead atoms. The van der Waals surface area contributed by atoms with Crippen LogP contribution in [0.25, 0.3) is 0 Å². The van der Waals surface area contributed by atoms with Gasteiger partial charge in [-0.05, 0) is 48.4 Å². The van der Waals surface area contributed by atoms with E-state index in [0.29, 0.717) is 5.92 Å². The maximum atomic E-state index is 6.04. The van der Waals surface area contributed by atoms with Gasteiger partial charge in [-0.2, -0.15) is 0 Å². The number of ether oxygens (including phenoxy) is 1. The van der Waals surface area contributed by atoms with Gasteiger partial charge in [0.25, 0.3) is 0 Å². The van der Waals surface area contributed by atoms with Crippen LogP contribution in [0.4, 0.5) is 0 Å². The molecule has 104 valence electrons. The van der Waals surface area contributed by atoms with Crippen molar-refractivity contribution in [3.63, 3.8) is 0 Å². The van der Waals surface area contributed by atoms with Gasteiger partial charge in [-0.25, -0.2) is 0 Å². The number of nitrogens with two attached hydrogens (primary N) is 1. The molecule has 1 aromatic carbocycles. The predicted octanol–water partition coefficient (Wildman–Crippen LogP) is 3.83. The zero-order chi connectivity index (χ0) is 13.0. The minimum absolute atomic E-state index is 0. The first-order chi connectivity index (χ1) is 7.99. The third kappa shape index (κ3) is 4.18. The third-order valence-corrected chi connectivity index (χ3v) is 3.32. The van der Waals surface area contributed by atoms with Crippen LogP contribution in [-0.4, -0.2) is 13.2 Å². The molecule has 0 aromatic heterocycles. The summed E-state index contributed by atoms with van der Waals surface area (Å²) in [7, 11) is 1.73. The monoisotopic (exact) mass is 271 g/mol. The normalized spacial score (nSPS) is 12.2. The maximum Gasteiger partial charge on any atom is 0.122 e. The molecule has 0 saturated heterocycles. The van der Waals surface area contributed by atoms with Gasteiger partial charge in [-0.3, -0.25) is 0 Å². The SMILES string of the molecule is CCC(N)Cc1cc(C(C)C)c(OC)cc1C.Cl. The zero-order valence-electron chi connectivity index (χ0n) is 12.1. The quantitative estimate of drug-likeness (QED) is 0.883. The first kappa shape index (κ1) is 17.3. The van der Waals surface area contributed by atoms with Crippen LogP contribution in [-0.2, 0) is 6.42 Å². The lowest BCUT2D eigenvalue weighted by Crippen LogP contribution is -2.22. The Morgan fingerprint density at radius 3 is 2.33 bits per heavy atom. The van der Waals surface area contributed by atoms with Crippen molar-refractivity contribution in [2.24, 2.45) is 5.73 Å². The summed E-state index contributed by atoms with van der Waals surface area (Å²) in [5.41, 5.74) is 9.94. The fourth-order valence-electron chi connectivity index (χ4n) is 2.02. The van der Waals surface area contributed by atoms with E-state index in [-0.39, 0.29) is 18.4 Å². The van der Waals surface area contributed by atoms with E-state index in [1.807, 2.05) is 0 Å². The van der Waals surface area contributed by atoms with Crippen LogP contribution in [0, 0.1) is 6.92 Å². The van der Waals surface area contributed by atoms with E-state index < -0.39 is 0 Å². The molecule has 3 heteroatoms. The molecule has 2 nitrogen and oxygen atoms in total. The highest BCUT2D eigenvalue weighted by molar-refractivity contribution is 5.85. The third-order valence-electron chi connectivity index (χ3n) is 3.32. The van der Waals surface area contributed by atoms with Gasteiger partial charge >= 0.3 is 0 Å². The summed E-state index contributed by atoms with van der Waals surface area (Å²) in [5, 5.41) is 0. The molecule has 0 spiro atoms. The van der Waals surface area contributed by atoms with Crippen LogP contribution in [0.2, 0.25) is 0 Å². The number of rotatable bonds is 5. The van der Waals surface area contributed by atoms with Gasteiger partial charge in [0.1, 0.15) is 5.75 Å². The Bertz CT molecular complexity index is 377. The molecule has 1 aromatic rings. The molecule has 0 aliphatic carbocycles. The molecule has 0 saturated carbocycles. The lowest BCUT2D eigenvalue weighted by Gasteiger charge is -2.18. The Labute approximate surface area is 117 Å². The largest absolute Gasteiger partial charge is 0.496 e. The van der Waals surface area contributed by atoms with Crippen LogP contribution in [0.3, 0.4) is 0 Å².